The highest BCUT2D eigenvalue weighted by Crippen LogP contribution is 2.32. The molecule has 2 aromatic heterocycles. The lowest BCUT2D eigenvalue weighted by Crippen LogP contribution is -1.89. The largest absolute Gasteiger partial charge is 0.256 e. The van der Waals surface area contributed by atoms with Crippen LogP contribution in [0.25, 0.3) is 33.3 Å². The molecule has 2 aromatic carbocycles. The standard InChI is InChI=1S/C19H12ClN3/c20-16-4-1-3-14(10-16)19-17(5-2-8-22-19)13-6-7-18-15(9-13)11-21-12-23-18/h1-12H. The Labute approximate surface area is 138 Å². The second kappa shape index (κ2) is 5.78. The van der Waals surface area contributed by atoms with E-state index in [1.165, 1.54) is 0 Å². The van der Waals surface area contributed by atoms with E-state index in [-0.39, 0.29) is 0 Å². The van der Waals surface area contributed by atoms with Crippen LogP contribution >= 0.6 is 11.6 Å². The molecule has 110 valence electrons. The minimum Gasteiger partial charge on any atom is -0.256 e. The van der Waals surface area contributed by atoms with E-state index in [0.29, 0.717) is 5.02 Å². The van der Waals surface area contributed by atoms with Crippen LogP contribution in [0.3, 0.4) is 0 Å². The number of aromatic nitrogens is 3. The van der Waals surface area contributed by atoms with E-state index in [4.69, 9.17) is 11.6 Å². The molecule has 0 spiro atoms. The Morgan fingerprint density at radius 2 is 1.78 bits per heavy atom. The molecule has 2 heterocycles. The molecule has 23 heavy (non-hydrogen) atoms. The molecule has 0 aliphatic heterocycles. The number of hydrogen-bond acceptors (Lipinski definition) is 3. The number of nitrogens with zero attached hydrogens (tertiary/aromatic N) is 3. The van der Waals surface area contributed by atoms with Crippen LogP contribution in [0.15, 0.2) is 73.3 Å². The zero-order valence-corrected chi connectivity index (χ0v) is 12.9. The van der Waals surface area contributed by atoms with Gasteiger partial charge in [0.25, 0.3) is 0 Å². The van der Waals surface area contributed by atoms with Crippen molar-refractivity contribution in [1.29, 1.82) is 0 Å². The average molecular weight is 318 g/mol. The number of fused-ring (bicyclic) bond motifs is 1. The van der Waals surface area contributed by atoms with E-state index in [2.05, 4.69) is 33.2 Å². The van der Waals surface area contributed by atoms with Crippen LogP contribution < -0.4 is 0 Å². The van der Waals surface area contributed by atoms with E-state index in [1.54, 1.807) is 12.5 Å². The maximum absolute atomic E-state index is 6.13. The Balaban J connectivity index is 1.91. The van der Waals surface area contributed by atoms with Gasteiger partial charge in [-0.15, -0.1) is 0 Å². The maximum atomic E-state index is 6.13. The molecule has 4 aromatic rings. The van der Waals surface area contributed by atoms with Crippen molar-refractivity contribution in [3.8, 4) is 22.4 Å². The third kappa shape index (κ3) is 2.67. The van der Waals surface area contributed by atoms with Crippen molar-refractivity contribution in [2.75, 3.05) is 0 Å². The van der Waals surface area contributed by atoms with Crippen LogP contribution in [0.1, 0.15) is 0 Å². The second-order valence-electron chi connectivity index (χ2n) is 5.21. The van der Waals surface area contributed by atoms with Gasteiger partial charge >= 0.3 is 0 Å². The van der Waals surface area contributed by atoms with E-state index in [0.717, 1.165) is 33.3 Å². The Kier molecular flexibility index (Phi) is 3.48. The first-order chi connectivity index (χ1) is 11.3. The Hall–Kier alpha value is -2.78. The van der Waals surface area contributed by atoms with E-state index >= 15 is 0 Å². The molecule has 0 N–H and O–H groups in total. The molecule has 0 bridgehead atoms. The summed E-state index contributed by atoms with van der Waals surface area (Å²) in [6.07, 6.45) is 5.18. The normalized spacial score (nSPS) is 10.8. The molecule has 0 aliphatic rings. The first kappa shape index (κ1) is 13.9. The summed E-state index contributed by atoms with van der Waals surface area (Å²) < 4.78 is 0. The van der Waals surface area contributed by atoms with Crippen molar-refractivity contribution in [3.63, 3.8) is 0 Å². The third-order valence-corrected chi connectivity index (χ3v) is 3.96. The Bertz CT molecular complexity index is 998. The molecule has 0 fully saturated rings. The fourth-order valence-electron chi connectivity index (χ4n) is 2.66. The summed E-state index contributed by atoms with van der Waals surface area (Å²) in [5, 5.41) is 1.71. The molecule has 4 rings (SSSR count). The maximum Gasteiger partial charge on any atom is 0.116 e. The topological polar surface area (TPSA) is 38.7 Å². The van der Waals surface area contributed by atoms with E-state index in [1.807, 2.05) is 42.6 Å². The first-order valence-corrected chi connectivity index (χ1v) is 7.60. The summed E-state index contributed by atoms with van der Waals surface area (Å²) in [7, 11) is 0. The molecule has 0 saturated heterocycles. The number of hydrogen-bond donors (Lipinski definition) is 0. The fourth-order valence-corrected chi connectivity index (χ4v) is 2.85. The van der Waals surface area contributed by atoms with Gasteiger partial charge in [0.15, 0.2) is 0 Å². The van der Waals surface area contributed by atoms with Crippen LogP contribution in [0.5, 0.6) is 0 Å². The van der Waals surface area contributed by atoms with Crippen molar-refractivity contribution in [2.24, 2.45) is 0 Å². The van der Waals surface area contributed by atoms with E-state index < -0.39 is 0 Å². The molecule has 0 aliphatic carbocycles. The number of pyridine rings is 1. The van der Waals surface area contributed by atoms with Gasteiger partial charge in [-0.3, -0.25) is 4.98 Å². The number of rotatable bonds is 2. The van der Waals surface area contributed by atoms with Gasteiger partial charge in [-0.1, -0.05) is 35.9 Å². The van der Waals surface area contributed by atoms with Gasteiger partial charge < -0.3 is 0 Å². The molecular weight excluding hydrogens is 306 g/mol. The Morgan fingerprint density at radius 1 is 0.826 bits per heavy atom. The molecule has 0 radical (unpaired) electrons. The van der Waals surface area contributed by atoms with Gasteiger partial charge in [0.05, 0.1) is 11.2 Å². The third-order valence-electron chi connectivity index (χ3n) is 3.72. The van der Waals surface area contributed by atoms with Crippen molar-refractivity contribution in [2.45, 2.75) is 0 Å². The highest BCUT2D eigenvalue weighted by molar-refractivity contribution is 6.30. The summed E-state index contributed by atoms with van der Waals surface area (Å²) in [5.74, 6) is 0. The summed E-state index contributed by atoms with van der Waals surface area (Å²) in [4.78, 5) is 12.9. The van der Waals surface area contributed by atoms with Gasteiger partial charge in [-0.2, -0.15) is 0 Å². The average Bonchev–Trinajstić information content (AvgIpc) is 2.61. The van der Waals surface area contributed by atoms with Gasteiger partial charge in [-0.25, -0.2) is 9.97 Å². The summed E-state index contributed by atoms with van der Waals surface area (Å²) >= 11 is 6.13. The minimum absolute atomic E-state index is 0.700. The highest BCUT2D eigenvalue weighted by atomic mass is 35.5. The lowest BCUT2D eigenvalue weighted by molar-refractivity contribution is 1.22. The molecular formula is C19H12ClN3. The quantitative estimate of drug-likeness (QED) is 0.521. The molecule has 0 amide bonds. The molecule has 4 heteroatoms. The van der Waals surface area contributed by atoms with Crippen molar-refractivity contribution < 1.29 is 0 Å². The van der Waals surface area contributed by atoms with Crippen LogP contribution in [0.2, 0.25) is 5.02 Å². The van der Waals surface area contributed by atoms with E-state index in [9.17, 15) is 0 Å². The number of benzene rings is 2. The van der Waals surface area contributed by atoms with Gasteiger partial charge in [0.1, 0.15) is 6.33 Å². The first-order valence-electron chi connectivity index (χ1n) is 7.22. The van der Waals surface area contributed by atoms with Crippen LogP contribution in [-0.4, -0.2) is 15.0 Å². The zero-order chi connectivity index (χ0) is 15.6. The smallest absolute Gasteiger partial charge is 0.116 e. The molecule has 3 nitrogen and oxygen atoms in total. The van der Waals surface area contributed by atoms with Crippen molar-refractivity contribution >= 4 is 22.5 Å². The lowest BCUT2D eigenvalue weighted by atomic mass is 9.98. The fraction of sp³-hybridized carbons (Fsp3) is 0. The van der Waals surface area contributed by atoms with Crippen molar-refractivity contribution in [3.05, 3.63) is 78.3 Å². The molecule has 0 saturated carbocycles. The van der Waals surface area contributed by atoms with Gasteiger partial charge in [0.2, 0.25) is 0 Å². The van der Waals surface area contributed by atoms with Crippen LogP contribution in [0.4, 0.5) is 0 Å². The highest BCUT2D eigenvalue weighted by Gasteiger charge is 2.09. The minimum atomic E-state index is 0.700. The predicted molar refractivity (Wildman–Crippen MR) is 93.2 cm³/mol. The molecule has 0 atom stereocenters. The van der Waals surface area contributed by atoms with Gasteiger partial charge in [0, 0.05) is 33.9 Å². The van der Waals surface area contributed by atoms with Crippen LogP contribution in [0, 0.1) is 0 Å². The summed E-state index contributed by atoms with van der Waals surface area (Å²) in [5.41, 5.74) is 4.97. The van der Waals surface area contributed by atoms with Crippen molar-refractivity contribution in [1.82, 2.24) is 15.0 Å². The predicted octanol–water partition coefficient (Wildman–Crippen LogP) is 5.01. The van der Waals surface area contributed by atoms with Crippen LogP contribution in [-0.2, 0) is 0 Å². The monoisotopic (exact) mass is 317 g/mol. The summed E-state index contributed by atoms with van der Waals surface area (Å²) in [6.45, 7) is 0. The SMILES string of the molecule is Clc1cccc(-c2ncccc2-c2ccc3ncncc3c2)c1. The van der Waals surface area contributed by atoms with Gasteiger partial charge in [-0.05, 0) is 35.9 Å². The number of halogens is 1. The summed E-state index contributed by atoms with van der Waals surface area (Å²) in [6, 6.07) is 17.9. The Morgan fingerprint density at radius 3 is 2.70 bits per heavy atom. The molecule has 0 unspecified atom stereocenters. The second-order valence-corrected chi connectivity index (χ2v) is 5.64. The zero-order valence-electron chi connectivity index (χ0n) is 12.1. The lowest BCUT2D eigenvalue weighted by Gasteiger charge is -2.10.